The molecule has 0 fully saturated rings. The summed E-state index contributed by atoms with van der Waals surface area (Å²) in [5.41, 5.74) is 3.41. The summed E-state index contributed by atoms with van der Waals surface area (Å²) < 4.78 is 4.57. The summed E-state index contributed by atoms with van der Waals surface area (Å²) in [5.74, 6) is 7.01. The first kappa shape index (κ1) is 13.7. The molecule has 6 nitrogen and oxygen atoms in total. The van der Waals surface area contributed by atoms with Crippen molar-refractivity contribution in [3.63, 3.8) is 0 Å². The van der Waals surface area contributed by atoms with Crippen molar-refractivity contribution in [2.75, 3.05) is 18.3 Å². The molecule has 0 spiro atoms. The Kier molecular flexibility index (Phi) is 5.17. The maximum atomic E-state index is 11.0. The van der Waals surface area contributed by atoms with Crippen molar-refractivity contribution in [3.8, 4) is 0 Å². The first-order valence-corrected chi connectivity index (χ1v) is 6.08. The Morgan fingerprint density at radius 3 is 2.76 bits per heavy atom. The second-order valence-corrected chi connectivity index (χ2v) is 4.45. The fourth-order valence-corrected chi connectivity index (χ4v) is 2.19. The van der Waals surface area contributed by atoms with E-state index >= 15 is 0 Å². The first-order valence-electron chi connectivity index (χ1n) is 5.10. The lowest BCUT2D eigenvalue weighted by atomic mass is 10.3. The van der Waals surface area contributed by atoms with E-state index in [1.165, 1.54) is 18.9 Å². The van der Waals surface area contributed by atoms with Gasteiger partial charge in [-0.15, -0.1) is 11.8 Å². The van der Waals surface area contributed by atoms with Crippen LogP contribution in [0.3, 0.4) is 0 Å². The van der Waals surface area contributed by atoms with Crippen LogP contribution in [0.2, 0.25) is 0 Å². The van der Waals surface area contributed by atoms with Gasteiger partial charge < -0.3 is 10.2 Å². The van der Waals surface area contributed by atoms with Gasteiger partial charge in [-0.05, 0) is 13.8 Å². The zero-order valence-corrected chi connectivity index (χ0v) is 10.9. The molecule has 3 N–H and O–H groups in total. The number of nitrogen functional groups attached to an aromatic ring is 1. The van der Waals surface area contributed by atoms with Gasteiger partial charge >= 0.3 is 5.97 Å². The minimum Gasteiger partial charge on any atom is -0.469 e. The van der Waals surface area contributed by atoms with Crippen LogP contribution in [0.4, 0.5) is 5.82 Å². The van der Waals surface area contributed by atoms with Crippen LogP contribution in [-0.2, 0) is 9.53 Å². The van der Waals surface area contributed by atoms with E-state index in [0.29, 0.717) is 23.8 Å². The predicted molar refractivity (Wildman–Crippen MR) is 66.7 cm³/mol. The number of rotatable bonds is 5. The van der Waals surface area contributed by atoms with Gasteiger partial charge in [-0.25, -0.2) is 15.8 Å². The summed E-state index contributed by atoms with van der Waals surface area (Å²) >= 11 is 1.49. The van der Waals surface area contributed by atoms with Crippen LogP contribution in [0, 0.1) is 13.8 Å². The van der Waals surface area contributed by atoms with Crippen molar-refractivity contribution in [2.45, 2.75) is 25.3 Å². The van der Waals surface area contributed by atoms with Crippen molar-refractivity contribution in [1.29, 1.82) is 0 Å². The van der Waals surface area contributed by atoms with Crippen molar-refractivity contribution < 1.29 is 9.53 Å². The maximum absolute atomic E-state index is 11.0. The third kappa shape index (κ3) is 3.86. The number of hydrogen-bond donors (Lipinski definition) is 2. The SMILES string of the molecule is COC(=O)CCSc1nc(C)nc(NN)c1C. The normalized spacial score (nSPS) is 10.1. The third-order valence-corrected chi connectivity index (χ3v) is 3.20. The molecule has 0 atom stereocenters. The van der Waals surface area contributed by atoms with E-state index in [-0.39, 0.29) is 5.97 Å². The number of ether oxygens (including phenoxy) is 1. The lowest BCUT2D eigenvalue weighted by molar-refractivity contribution is -0.140. The average Bonchev–Trinajstić information content (AvgIpc) is 2.32. The zero-order chi connectivity index (χ0) is 12.8. The summed E-state index contributed by atoms with van der Waals surface area (Å²) in [6.45, 7) is 3.68. The number of anilines is 1. The number of hydrazine groups is 1. The molecule has 0 radical (unpaired) electrons. The predicted octanol–water partition coefficient (Wildman–Crippen LogP) is 1.03. The molecule has 0 aromatic carbocycles. The van der Waals surface area contributed by atoms with Gasteiger partial charge in [0.25, 0.3) is 0 Å². The van der Waals surface area contributed by atoms with Gasteiger partial charge in [0.2, 0.25) is 0 Å². The average molecular weight is 256 g/mol. The maximum Gasteiger partial charge on any atom is 0.306 e. The number of carbonyl (C=O) groups excluding carboxylic acids is 1. The molecule has 0 aliphatic carbocycles. The van der Waals surface area contributed by atoms with E-state index in [1.807, 2.05) is 6.92 Å². The molecule has 94 valence electrons. The largest absolute Gasteiger partial charge is 0.469 e. The van der Waals surface area contributed by atoms with Gasteiger partial charge in [0.1, 0.15) is 16.7 Å². The number of thioether (sulfide) groups is 1. The lowest BCUT2D eigenvalue weighted by Crippen LogP contribution is -2.12. The van der Waals surface area contributed by atoms with Crippen molar-refractivity contribution in [3.05, 3.63) is 11.4 Å². The van der Waals surface area contributed by atoms with E-state index in [2.05, 4.69) is 20.1 Å². The lowest BCUT2D eigenvalue weighted by Gasteiger charge is -2.09. The molecule has 0 saturated heterocycles. The molecule has 1 aromatic rings. The number of aromatic nitrogens is 2. The summed E-state index contributed by atoms with van der Waals surface area (Å²) in [6.07, 6.45) is 0.356. The topological polar surface area (TPSA) is 90.1 Å². The molecule has 1 aromatic heterocycles. The van der Waals surface area contributed by atoms with Gasteiger partial charge in [0, 0.05) is 11.3 Å². The Labute approximate surface area is 104 Å². The highest BCUT2D eigenvalue weighted by atomic mass is 32.2. The number of hydrogen-bond acceptors (Lipinski definition) is 7. The van der Waals surface area contributed by atoms with Crippen LogP contribution in [0.1, 0.15) is 17.8 Å². The Hall–Kier alpha value is -1.34. The van der Waals surface area contributed by atoms with E-state index in [0.717, 1.165) is 10.6 Å². The highest BCUT2D eigenvalue weighted by molar-refractivity contribution is 7.99. The third-order valence-electron chi connectivity index (χ3n) is 2.12. The van der Waals surface area contributed by atoms with E-state index in [9.17, 15) is 4.79 Å². The van der Waals surface area contributed by atoms with Gasteiger partial charge in [-0.3, -0.25) is 4.79 Å². The molecule has 0 bridgehead atoms. The second kappa shape index (κ2) is 6.41. The minimum atomic E-state index is -0.224. The zero-order valence-electron chi connectivity index (χ0n) is 10.1. The number of nitrogens with zero attached hydrogens (tertiary/aromatic N) is 2. The van der Waals surface area contributed by atoms with Gasteiger partial charge in [-0.2, -0.15) is 0 Å². The second-order valence-electron chi connectivity index (χ2n) is 3.37. The van der Waals surface area contributed by atoms with Gasteiger partial charge in [-0.1, -0.05) is 0 Å². The fourth-order valence-electron chi connectivity index (χ4n) is 1.22. The van der Waals surface area contributed by atoms with Crippen LogP contribution in [0.25, 0.3) is 0 Å². The molecular weight excluding hydrogens is 240 g/mol. The number of nitrogens with two attached hydrogens (primary N) is 1. The molecule has 0 aliphatic heterocycles. The highest BCUT2D eigenvalue weighted by Gasteiger charge is 2.09. The van der Waals surface area contributed by atoms with Crippen LogP contribution in [0.15, 0.2) is 5.03 Å². The Morgan fingerprint density at radius 1 is 1.47 bits per heavy atom. The molecular formula is C10H16N4O2S. The molecule has 0 saturated carbocycles. The number of nitrogens with one attached hydrogen (secondary N) is 1. The smallest absolute Gasteiger partial charge is 0.306 e. The summed E-state index contributed by atoms with van der Waals surface area (Å²) in [7, 11) is 1.38. The first-order chi connectivity index (χ1) is 8.08. The molecule has 17 heavy (non-hydrogen) atoms. The van der Waals surface area contributed by atoms with E-state index in [1.54, 1.807) is 6.92 Å². The Balaban J connectivity index is 2.70. The van der Waals surface area contributed by atoms with E-state index in [4.69, 9.17) is 5.84 Å². The Morgan fingerprint density at radius 2 is 2.18 bits per heavy atom. The summed E-state index contributed by atoms with van der Waals surface area (Å²) in [4.78, 5) is 19.4. The molecule has 0 aliphatic rings. The van der Waals surface area contributed by atoms with E-state index < -0.39 is 0 Å². The summed E-state index contributed by atoms with van der Waals surface area (Å²) in [5, 5.41) is 0.828. The molecule has 0 unspecified atom stereocenters. The molecule has 0 amide bonds. The van der Waals surface area contributed by atoms with Crippen molar-refractivity contribution in [1.82, 2.24) is 9.97 Å². The van der Waals surface area contributed by atoms with Crippen LogP contribution in [-0.4, -0.2) is 28.8 Å². The minimum absolute atomic E-state index is 0.224. The van der Waals surface area contributed by atoms with Gasteiger partial charge in [0.15, 0.2) is 0 Å². The standard InChI is InChI=1S/C10H16N4O2S/c1-6-9(14-11)12-7(2)13-10(6)17-5-4-8(15)16-3/h4-5,11H2,1-3H3,(H,12,13,14). The Bertz CT molecular complexity index is 412. The monoisotopic (exact) mass is 256 g/mol. The number of methoxy groups -OCH3 is 1. The van der Waals surface area contributed by atoms with Crippen LogP contribution in [0.5, 0.6) is 0 Å². The van der Waals surface area contributed by atoms with Crippen LogP contribution >= 0.6 is 11.8 Å². The van der Waals surface area contributed by atoms with Crippen LogP contribution < -0.4 is 11.3 Å². The molecule has 7 heteroatoms. The van der Waals surface area contributed by atoms with Crippen molar-refractivity contribution in [2.24, 2.45) is 5.84 Å². The van der Waals surface area contributed by atoms with Gasteiger partial charge in [0.05, 0.1) is 13.5 Å². The number of carbonyl (C=O) groups is 1. The highest BCUT2D eigenvalue weighted by Crippen LogP contribution is 2.24. The summed E-state index contributed by atoms with van der Waals surface area (Å²) in [6, 6.07) is 0. The quantitative estimate of drug-likeness (QED) is 0.267. The van der Waals surface area contributed by atoms with Crippen molar-refractivity contribution >= 4 is 23.5 Å². The molecule has 1 rings (SSSR count). The number of esters is 1. The number of aryl methyl sites for hydroxylation is 1. The molecule has 1 heterocycles. The fraction of sp³-hybridized carbons (Fsp3) is 0.500.